The number of nitriles is 1. The molecule has 0 radical (unpaired) electrons. The molecule has 0 unspecified atom stereocenters. The predicted octanol–water partition coefficient (Wildman–Crippen LogP) is 0.343. The summed E-state index contributed by atoms with van der Waals surface area (Å²) in [5.41, 5.74) is -0.689. The first-order chi connectivity index (χ1) is 10.8. The van der Waals surface area contributed by atoms with Crippen LogP contribution in [0, 0.1) is 11.3 Å². The topological polar surface area (TPSA) is 102 Å². The molecule has 0 aromatic carbocycles. The molecule has 0 bridgehead atoms. The van der Waals surface area contributed by atoms with E-state index >= 15 is 0 Å². The van der Waals surface area contributed by atoms with Gasteiger partial charge in [-0.05, 0) is 25.7 Å². The number of nitrogens with zero attached hydrogens (tertiary/aromatic N) is 2. The lowest BCUT2D eigenvalue weighted by Crippen LogP contribution is -2.53. The van der Waals surface area contributed by atoms with E-state index in [1.54, 1.807) is 0 Å². The smallest absolute Gasteiger partial charge is 0.235 e. The lowest BCUT2D eigenvalue weighted by Gasteiger charge is -2.34. The van der Waals surface area contributed by atoms with Crippen molar-refractivity contribution in [2.24, 2.45) is 0 Å². The fourth-order valence-electron chi connectivity index (χ4n) is 3.44. The highest BCUT2D eigenvalue weighted by Gasteiger charge is 2.34. The van der Waals surface area contributed by atoms with Crippen LogP contribution in [0.2, 0.25) is 0 Å². The summed E-state index contributed by atoms with van der Waals surface area (Å²) >= 11 is 0. The van der Waals surface area contributed by atoms with Crippen LogP contribution in [0.1, 0.15) is 44.9 Å². The van der Waals surface area contributed by atoms with Crippen molar-refractivity contribution in [3.8, 4) is 6.07 Å². The Hall–Kier alpha value is -1.17. The van der Waals surface area contributed by atoms with Crippen molar-refractivity contribution in [1.82, 2.24) is 14.9 Å². The average Bonchev–Trinajstić information content (AvgIpc) is 2.48. The summed E-state index contributed by atoms with van der Waals surface area (Å²) in [5.74, 6) is -0.108. The molecule has 1 heterocycles. The Bertz CT molecular complexity index is 556. The van der Waals surface area contributed by atoms with E-state index in [4.69, 9.17) is 0 Å². The van der Waals surface area contributed by atoms with Crippen molar-refractivity contribution in [2.75, 3.05) is 25.9 Å². The van der Waals surface area contributed by atoms with Crippen LogP contribution in [-0.2, 0) is 14.8 Å². The first-order valence-corrected chi connectivity index (χ1v) is 10.1. The van der Waals surface area contributed by atoms with E-state index in [0.717, 1.165) is 32.1 Å². The van der Waals surface area contributed by atoms with Crippen molar-refractivity contribution in [3.63, 3.8) is 0 Å². The highest BCUT2D eigenvalue weighted by atomic mass is 32.2. The van der Waals surface area contributed by atoms with E-state index in [9.17, 15) is 18.5 Å². The van der Waals surface area contributed by atoms with Gasteiger partial charge in [0.2, 0.25) is 15.9 Å². The molecule has 0 aromatic heterocycles. The molecule has 2 N–H and O–H groups in total. The number of hydrogen-bond acceptors (Lipinski definition) is 5. The third-order valence-corrected chi connectivity index (χ3v) is 5.40. The fourth-order valence-corrected chi connectivity index (χ4v) is 4.28. The molecule has 8 heteroatoms. The Morgan fingerprint density at radius 1 is 1.26 bits per heavy atom. The molecule has 1 saturated carbocycles. The zero-order valence-electron chi connectivity index (χ0n) is 13.7. The van der Waals surface area contributed by atoms with E-state index in [-0.39, 0.29) is 18.5 Å². The summed E-state index contributed by atoms with van der Waals surface area (Å²) in [6, 6.07) is 2.24. The minimum absolute atomic E-state index is 0.0480. The first kappa shape index (κ1) is 18.2. The number of rotatable bonds is 5. The van der Waals surface area contributed by atoms with Gasteiger partial charge in [-0.15, -0.1) is 0 Å². The van der Waals surface area contributed by atoms with E-state index in [1.807, 2.05) is 4.90 Å². The molecule has 2 fully saturated rings. The average molecular weight is 342 g/mol. The second kappa shape index (κ2) is 7.60. The lowest BCUT2D eigenvalue weighted by atomic mass is 9.83. The number of hydrogen-bond donors (Lipinski definition) is 2. The van der Waals surface area contributed by atoms with Gasteiger partial charge in [-0.1, -0.05) is 19.3 Å². The SMILES string of the molecule is CS(=O)(=O)NC1CCN(CC(=O)NC2(C#N)CCCCC2)CC1. The fraction of sp³-hybridized carbons (Fsp3) is 0.867. The minimum atomic E-state index is -3.18. The first-order valence-electron chi connectivity index (χ1n) is 8.24. The highest BCUT2D eigenvalue weighted by molar-refractivity contribution is 7.88. The molecule has 0 atom stereocenters. The Balaban J connectivity index is 1.77. The largest absolute Gasteiger partial charge is 0.337 e. The number of sulfonamides is 1. The van der Waals surface area contributed by atoms with Crippen molar-refractivity contribution in [3.05, 3.63) is 0 Å². The summed E-state index contributed by atoms with van der Waals surface area (Å²) < 4.78 is 25.1. The molecule has 0 spiro atoms. The van der Waals surface area contributed by atoms with Gasteiger partial charge >= 0.3 is 0 Å². The molecule has 1 saturated heterocycles. The maximum absolute atomic E-state index is 12.2. The van der Waals surface area contributed by atoms with Gasteiger partial charge in [-0.2, -0.15) is 5.26 Å². The Kier molecular flexibility index (Phi) is 6.00. The van der Waals surface area contributed by atoms with Gasteiger partial charge in [0.1, 0.15) is 5.54 Å². The Morgan fingerprint density at radius 2 is 1.87 bits per heavy atom. The Labute approximate surface area is 138 Å². The highest BCUT2D eigenvalue weighted by Crippen LogP contribution is 2.27. The van der Waals surface area contributed by atoms with Crippen LogP contribution in [0.5, 0.6) is 0 Å². The van der Waals surface area contributed by atoms with Crippen molar-refractivity contribution in [1.29, 1.82) is 5.26 Å². The second-order valence-electron chi connectivity index (χ2n) is 6.74. The quantitative estimate of drug-likeness (QED) is 0.750. The zero-order valence-corrected chi connectivity index (χ0v) is 14.5. The van der Waals surface area contributed by atoms with Crippen LogP contribution in [0.25, 0.3) is 0 Å². The van der Waals surface area contributed by atoms with Gasteiger partial charge in [-0.25, -0.2) is 13.1 Å². The summed E-state index contributed by atoms with van der Waals surface area (Å²) in [5, 5.41) is 12.3. The maximum atomic E-state index is 12.2. The third-order valence-electron chi connectivity index (χ3n) is 4.64. The van der Waals surface area contributed by atoms with E-state index in [2.05, 4.69) is 16.1 Å². The van der Waals surface area contributed by atoms with Gasteiger partial charge in [0.25, 0.3) is 0 Å². The molecule has 1 aliphatic carbocycles. The standard InChI is InChI=1S/C15H26N4O3S/c1-23(21,22)18-13-5-9-19(10-6-13)11-14(20)17-15(12-16)7-3-2-4-8-15/h13,18H,2-11H2,1H3,(H,17,20). The summed E-state index contributed by atoms with van der Waals surface area (Å²) in [6.45, 7) is 1.63. The van der Waals surface area contributed by atoms with Crippen molar-refractivity contribution < 1.29 is 13.2 Å². The van der Waals surface area contributed by atoms with Gasteiger partial charge in [0.15, 0.2) is 0 Å². The second-order valence-corrected chi connectivity index (χ2v) is 8.52. The summed E-state index contributed by atoms with van der Waals surface area (Å²) in [4.78, 5) is 14.3. The molecule has 1 amide bonds. The van der Waals surface area contributed by atoms with E-state index < -0.39 is 15.6 Å². The van der Waals surface area contributed by atoms with Crippen LogP contribution in [0.4, 0.5) is 0 Å². The number of carbonyl (C=O) groups is 1. The number of piperidine rings is 1. The van der Waals surface area contributed by atoms with Gasteiger partial charge in [0.05, 0.1) is 18.9 Å². The van der Waals surface area contributed by atoms with Crippen LogP contribution in [-0.4, -0.2) is 56.7 Å². The molecule has 23 heavy (non-hydrogen) atoms. The predicted molar refractivity (Wildman–Crippen MR) is 87.0 cm³/mol. The molecule has 130 valence electrons. The number of likely N-dealkylation sites (tertiary alicyclic amines) is 1. The van der Waals surface area contributed by atoms with E-state index in [0.29, 0.717) is 25.9 Å². The molecule has 7 nitrogen and oxygen atoms in total. The lowest BCUT2D eigenvalue weighted by molar-refractivity contribution is -0.124. The normalized spacial score (nSPS) is 23.1. The maximum Gasteiger partial charge on any atom is 0.235 e. The Morgan fingerprint density at radius 3 is 2.39 bits per heavy atom. The molecule has 2 rings (SSSR count). The monoisotopic (exact) mass is 342 g/mol. The van der Waals surface area contributed by atoms with Gasteiger partial charge in [0, 0.05) is 19.1 Å². The molecular formula is C15H26N4O3S. The molecular weight excluding hydrogens is 316 g/mol. The number of nitrogens with one attached hydrogen (secondary N) is 2. The van der Waals surface area contributed by atoms with Crippen LogP contribution < -0.4 is 10.0 Å². The molecule has 2 aliphatic rings. The molecule has 0 aromatic rings. The zero-order chi connectivity index (χ0) is 16.9. The number of amides is 1. The van der Waals surface area contributed by atoms with Gasteiger partial charge < -0.3 is 5.32 Å². The number of carbonyl (C=O) groups excluding carboxylic acids is 1. The minimum Gasteiger partial charge on any atom is -0.337 e. The van der Waals surface area contributed by atoms with Gasteiger partial charge in [-0.3, -0.25) is 9.69 Å². The molecule has 1 aliphatic heterocycles. The van der Waals surface area contributed by atoms with Crippen LogP contribution in [0.3, 0.4) is 0 Å². The van der Waals surface area contributed by atoms with E-state index in [1.165, 1.54) is 6.26 Å². The third kappa shape index (κ3) is 5.75. The van der Waals surface area contributed by atoms with Crippen molar-refractivity contribution >= 4 is 15.9 Å². The van der Waals surface area contributed by atoms with Crippen LogP contribution in [0.15, 0.2) is 0 Å². The summed E-state index contributed by atoms with van der Waals surface area (Å²) in [6.07, 6.45) is 7.12. The van der Waals surface area contributed by atoms with Crippen molar-refractivity contribution in [2.45, 2.75) is 56.5 Å². The van der Waals surface area contributed by atoms with Crippen LogP contribution >= 0.6 is 0 Å². The summed E-state index contributed by atoms with van der Waals surface area (Å²) in [7, 11) is -3.18.